The van der Waals surface area contributed by atoms with Crippen LogP contribution in [-0.2, 0) is 58.1 Å². The van der Waals surface area contributed by atoms with E-state index < -0.39 is 135 Å². The van der Waals surface area contributed by atoms with E-state index in [4.69, 9.17) is 18.7 Å². The standard InChI is InChI=1S/C23H25F4N3O5S.2C22H22F5N3O4S/c1-12(21(2,24)25)34-17-5-4-15(36(3,32)33)6-16(17)19(31)30-10-14-9-22(14,11-30)20-28-18(35-29-20)13-7-23(26,27)8-13;2*1-12(20(2,23)24)34-16-5-4-14(35(3,32)33)8-15(16)18(31)30-10-13-9-21(13,11-30)19-28-7-6-17(29-19)22(25,26)27/h4-6,12-14H,7-11H2,1-3H3;2*4-8,12-13H,9-11H2,1-3H3/t12-,14?,22?;2*12-,13?,21?/m010/s1. The Kier molecular flexibility index (Phi) is 19.9. The average molecular weight is 1570 g/mol. The number of carbonyl (C=O) groups excluding carboxylic acids is 3. The lowest BCUT2D eigenvalue weighted by molar-refractivity contribution is -0.142. The van der Waals surface area contributed by atoms with Crippen LogP contribution in [0.2, 0.25) is 0 Å². The van der Waals surface area contributed by atoms with Gasteiger partial charge in [0, 0.05) is 110 Å². The van der Waals surface area contributed by atoms with E-state index in [0.717, 1.165) is 107 Å². The number of alkyl halides is 14. The average Bonchev–Trinajstić information content (AvgIpc) is 1.55. The fourth-order valence-electron chi connectivity index (χ4n) is 13.3. The Hall–Kier alpha value is -8.36. The van der Waals surface area contributed by atoms with Crippen molar-refractivity contribution in [3.05, 3.63) is 131 Å². The second-order valence-corrected chi connectivity index (χ2v) is 34.7. The minimum Gasteiger partial charge on any atom is -0.484 e. The van der Waals surface area contributed by atoms with E-state index in [0.29, 0.717) is 52.4 Å². The van der Waals surface area contributed by atoms with Crippen LogP contribution in [0.5, 0.6) is 17.2 Å². The van der Waals surface area contributed by atoms with E-state index in [1.54, 1.807) is 0 Å². The molecule has 3 aliphatic heterocycles. The van der Waals surface area contributed by atoms with Crippen LogP contribution < -0.4 is 14.2 Å². The number of piperidine rings is 3. The van der Waals surface area contributed by atoms with E-state index >= 15 is 0 Å². The van der Waals surface area contributed by atoms with Crippen molar-refractivity contribution in [3.63, 3.8) is 0 Å². The summed E-state index contributed by atoms with van der Waals surface area (Å²) in [5.41, 5.74) is -5.06. The lowest BCUT2D eigenvalue weighted by Crippen LogP contribution is -2.35. The molecule has 0 bridgehead atoms. The van der Waals surface area contributed by atoms with Crippen molar-refractivity contribution < 1.29 is 120 Å². The van der Waals surface area contributed by atoms with Crippen LogP contribution >= 0.6 is 0 Å². The fourth-order valence-corrected chi connectivity index (χ4v) is 15.3. The van der Waals surface area contributed by atoms with Gasteiger partial charge in [-0.25, -0.2) is 80.3 Å². The first kappa shape index (κ1) is 78.7. The quantitative estimate of drug-likeness (QED) is 0.0681. The second kappa shape index (κ2) is 26.8. The van der Waals surface area contributed by atoms with E-state index in [1.165, 1.54) is 26.8 Å². The first-order valence-corrected chi connectivity index (χ1v) is 38.4. The van der Waals surface area contributed by atoms with Crippen molar-refractivity contribution in [2.75, 3.05) is 58.0 Å². The summed E-state index contributed by atoms with van der Waals surface area (Å²) in [7, 11) is -11.1. The van der Waals surface area contributed by atoms with Gasteiger partial charge in [0.2, 0.25) is 11.8 Å². The first-order chi connectivity index (χ1) is 48.6. The Bertz CT molecular complexity index is 4620. The van der Waals surface area contributed by atoms with Crippen LogP contribution in [0.25, 0.3) is 0 Å². The molecule has 7 fully saturated rings. The SMILES string of the molecule is C[C@@H](Oc1ccc(S(C)(=O)=O)cc1C(=O)N1CC2CC2(c2nccc(C(F)(F)F)n2)C1)C(C)(F)F.C[C@H](Oc1ccc(S(C)(=O)=O)cc1C(=O)N1CC2CC2(c2nccc(C(F)(F)F)n2)C1)C(C)(F)F.C[C@H](Oc1ccc(S(C)(=O)=O)cc1C(=O)N1CC2CC2(c2noc(C3CC(F)(F)C3)n2)C1)C(C)(F)F. The highest BCUT2D eigenvalue weighted by Crippen LogP contribution is 2.61. The molecule has 6 heterocycles. The van der Waals surface area contributed by atoms with Gasteiger partial charge in [0.15, 0.2) is 53.6 Å². The summed E-state index contributed by atoms with van der Waals surface area (Å²) in [4.78, 5) is 63.6. The van der Waals surface area contributed by atoms with Crippen molar-refractivity contribution >= 4 is 47.2 Å². The highest BCUT2D eigenvalue weighted by molar-refractivity contribution is 7.91. The van der Waals surface area contributed by atoms with Gasteiger partial charge < -0.3 is 33.4 Å². The molecule has 106 heavy (non-hydrogen) atoms. The number of hydrogen-bond donors (Lipinski definition) is 0. The molecule has 6 aromatic rings. The molecule has 3 saturated heterocycles. The molecule has 22 nitrogen and oxygen atoms in total. The smallest absolute Gasteiger partial charge is 0.433 e. The summed E-state index contributed by atoms with van der Waals surface area (Å²) in [6, 6.07) is 11.8. The summed E-state index contributed by atoms with van der Waals surface area (Å²) in [5.74, 6) is -15.3. The predicted molar refractivity (Wildman–Crippen MR) is 343 cm³/mol. The van der Waals surface area contributed by atoms with Gasteiger partial charge in [0.1, 0.15) is 40.3 Å². The van der Waals surface area contributed by atoms with Crippen molar-refractivity contribution in [2.45, 2.75) is 165 Å². The first-order valence-electron chi connectivity index (χ1n) is 32.7. The maximum atomic E-state index is 13.7. The van der Waals surface area contributed by atoms with Crippen LogP contribution in [0.1, 0.15) is 145 Å². The molecule has 6 unspecified atom stereocenters. The third kappa shape index (κ3) is 16.2. The number of amides is 3. The predicted octanol–water partition coefficient (Wildman–Crippen LogP) is 11.3. The van der Waals surface area contributed by atoms with Crippen LogP contribution in [0.3, 0.4) is 0 Å². The highest BCUT2D eigenvalue weighted by atomic mass is 32.2. The molecule has 39 heteroatoms. The highest BCUT2D eigenvalue weighted by Gasteiger charge is 2.67. The molecule has 576 valence electrons. The molecule has 13 rings (SSSR count). The molecule has 4 aliphatic carbocycles. The van der Waals surface area contributed by atoms with Crippen molar-refractivity contribution in [1.29, 1.82) is 0 Å². The van der Waals surface area contributed by atoms with E-state index in [-0.39, 0.29) is 129 Å². The van der Waals surface area contributed by atoms with Gasteiger partial charge in [-0.05, 0) is 125 Å². The molecule has 3 amide bonds. The normalized spacial score (nSPS) is 24.2. The molecular weight excluding hydrogens is 1500 g/mol. The number of halogens is 14. The van der Waals surface area contributed by atoms with Gasteiger partial charge in [-0.1, -0.05) is 5.16 Å². The Balaban J connectivity index is 0.000000159. The zero-order chi connectivity index (χ0) is 78.2. The Morgan fingerprint density at radius 2 is 0.774 bits per heavy atom. The third-order valence-electron chi connectivity index (χ3n) is 20.3. The summed E-state index contributed by atoms with van der Waals surface area (Å²) in [6.45, 7) is 6.21. The van der Waals surface area contributed by atoms with Crippen molar-refractivity contribution in [3.8, 4) is 17.2 Å². The number of rotatable bonds is 19. The largest absolute Gasteiger partial charge is 0.484 e. The number of benzene rings is 3. The van der Waals surface area contributed by atoms with Gasteiger partial charge in [-0.3, -0.25) is 14.4 Å². The van der Waals surface area contributed by atoms with Crippen LogP contribution in [0.15, 0.2) is 98.3 Å². The maximum Gasteiger partial charge on any atom is 0.433 e. The zero-order valence-corrected chi connectivity index (χ0v) is 60.1. The van der Waals surface area contributed by atoms with Crippen molar-refractivity contribution in [2.24, 2.45) is 17.8 Å². The minimum absolute atomic E-state index is 0.000155. The molecule has 3 aromatic heterocycles. The van der Waals surface area contributed by atoms with Crippen LogP contribution in [0, 0.1) is 17.8 Å². The number of aromatic nitrogens is 6. The second-order valence-electron chi connectivity index (χ2n) is 28.6. The number of sulfone groups is 3. The summed E-state index contributed by atoms with van der Waals surface area (Å²) < 4.78 is 281. The van der Waals surface area contributed by atoms with E-state index in [9.17, 15) is 101 Å². The van der Waals surface area contributed by atoms with Crippen LogP contribution in [0.4, 0.5) is 61.5 Å². The Labute approximate surface area is 597 Å². The molecule has 3 aromatic carbocycles. The van der Waals surface area contributed by atoms with E-state index in [2.05, 4.69) is 30.1 Å². The molecule has 0 radical (unpaired) electrons. The molecule has 4 saturated carbocycles. The number of hydrogen-bond acceptors (Lipinski definition) is 19. The molecule has 7 aliphatic rings. The summed E-state index contributed by atoms with van der Waals surface area (Å²) in [6.07, 6.45) is -8.23. The van der Waals surface area contributed by atoms with Gasteiger partial charge in [-0.2, -0.15) is 31.3 Å². The molecule has 0 N–H and O–H groups in total. The fraction of sp³-hybridized carbons (Fsp3) is 0.537. The topological polar surface area (TPSA) is 282 Å². The number of fused-ring (bicyclic) bond motifs is 3. The Morgan fingerprint density at radius 1 is 0.472 bits per heavy atom. The van der Waals surface area contributed by atoms with Crippen LogP contribution in [-0.4, -0.2) is 188 Å². The number of nitrogens with zero attached hydrogens (tertiary/aromatic N) is 9. The molecule has 9 atom stereocenters. The number of likely N-dealkylation sites (tertiary alicyclic amines) is 3. The lowest BCUT2D eigenvalue weighted by Gasteiger charge is -2.32. The molecule has 0 spiro atoms. The molecular formula is C67H69F14N9O13S3. The summed E-state index contributed by atoms with van der Waals surface area (Å²) in [5, 5.41) is 4.00. The lowest BCUT2D eigenvalue weighted by atomic mass is 9.81. The van der Waals surface area contributed by atoms with Gasteiger partial charge >= 0.3 is 12.4 Å². The number of ether oxygens (including phenoxy) is 3. The van der Waals surface area contributed by atoms with E-state index in [1.807, 2.05) is 0 Å². The monoisotopic (exact) mass is 1570 g/mol. The van der Waals surface area contributed by atoms with Gasteiger partial charge in [-0.15, -0.1) is 0 Å². The minimum atomic E-state index is -4.65. The van der Waals surface area contributed by atoms with Crippen molar-refractivity contribution in [1.82, 2.24) is 44.8 Å². The maximum absolute atomic E-state index is 13.7. The number of carbonyl (C=O) groups is 3. The summed E-state index contributed by atoms with van der Waals surface area (Å²) >= 11 is 0. The van der Waals surface area contributed by atoms with Gasteiger partial charge in [0.05, 0.1) is 47.6 Å². The van der Waals surface area contributed by atoms with Gasteiger partial charge in [0.25, 0.3) is 35.5 Å². The zero-order valence-electron chi connectivity index (χ0n) is 57.7. The third-order valence-corrected chi connectivity index (χ3v) is 23.6. The Morgan fingerprint density at radius 3 is 1.05 bits per heavy atom.